The van der Waals surface area contributed by atoms with Crippen LogP contribution in [0.3, 0.4) is 0 Å². The zero-order valence-electron chi connectivity index (χ0n) is 6.01. The van der Waals surface area contributed by atoms with E-state index in [0.29, 0.717) is 0 Å². The quantitative estimate of drug-likeness (QED) is 0.636. The summed E-state index contributed by atoms with van der Waals surface area (Å²) in [7, 11) is 0. The molecule has 0 bridgehead atoms. The molecule has 0 aromatic heterocycles. The van der Waals surface area contributed by atoms with E-state index in [1.54, 1.807) is 18.2 Å². The summed E-state index contributed by atoms with van der Waals surface area (Å²) in [5, 5.41) is 0. The van der Waals surface area contributed by atoms with Gasteiger partial charge in [0.2, 0.25) is 0 Å². The van der Waals surface area contributed by atoms with Crippen LogP contribution >= 0.6 is 0 Å². The van der Waals surface area contributed by atoms with Crippen molar-refractivity contribution in [1.82, 2.24) is 0 Å². The van der Waals surface area contributed by atoms with Gasteiger partial charge in [-0.1, -0.05) is 0 Å². The minimum absolute atomic E-state index is 0.203. The van der Waals surface area contributed by atoms with E-state index in [4.69, 9.17) is 0 Å². The number of hydrogen-bond donors (Lipinski definition) is 1. The SMILES string of the molecule is NO[Te](=O)(=O)Oc1ccccc1. The van der Waals surface area contributed by atoms with Crippen molar-refractivity contribution in [3.05, 3.63) is 30.3 Å². The summed E-state index contributed by atoms with van der Waals surface area (Å²) in [6.07, 6.45) is 0. The van der Waals surface area contributed by atoms with Crippen LogP contribution in [0, 0.1) is 0 Å². The Morgan fingerprint density at radius 3 is 2.25 bits per heavy atom. The molecule has 0 aliphatic carbocycles. The summed E-state index contributed by atoms with van der Waals surface area (Å²) in [5.74, 6) is 4.69. The standard InChI is InChI=1S/C6H7NO4Te/c7-11-12(8,9)10-6-4-2-1-3-5-6/h1-5H,7H2. The van der Waals surface area contributed by atoms with Gasteiger partial charge in [0.25, 0.3) is 0 Å². The van der Waals surface area contributed by atoms with Crippen LogP contribution < -0.4 is 9.00 Å². The molecule has 0 heterocycles. The molecule has 1 aromatic carbocycles. The number of rotatable bonds is 3. The van der Waals surface area contributed by atoms with Gasteiger partial charge < -0.3 is 0 Å². The van der Waals surface area contributed by atoms with Gasteiger partial charge in [-0.15, -0.1) is 0 Å². The topological polar surface area (TPSA) is 78.6 Å². The van der Waals surface area contributed by atoms with Gasteiger partial charge in [-0.3, -0.25) is 0 Å². The van der Waals surface area contributed by atoms with E-state index in [9.17, 15) is 6.21 Å². The fourth-order valence-electron chi connectivity index (χ4n) is 0.614. The monoisotopic (exact) mass is 287 g/mol. The molecular formula is C6H7NO4Te. The van der Waals surface area contributed by atoms with Crippen molar-refractivity contribution in [2.75, 3.05) is 0 Å². The van der Waals surface area contributed by atoms with Gasteiger partial charge >= 0.3 is 73.5 Å². The van der Waals surface area contributed by atoms with E-state index >= 15 is 0 Å². The number of hydrogen-bond acceptors (Lipinski definition) is 5. The van der Waals surface area contributed by atoms with E-state index in [0.717, 1.165) is 0 Å². The molecule has 1 aromatic rings. The van der Waals surface area contributed by atoms with Gasteiger partial charge in [0.15, 0.2) is 0 Å². The maximum atomic E-state index is 10.7. The molecular weight excluding hydrogens is 278 g/mol. The molecule has 0 saturated heterocycles. The van der Waals surface area contributed by atoms with Gasteiger partial charge in [0.1, 0.15) is 0 Å². The Kier molecular flexibility index (Phi) is 3.00. The Hall–Kier alpha value is -0.670. The van der Waals surface area contributed by atoms with Gasteiger partial charge in [-0.2, -0.15) is 0 Å². The summed E-state index contributed by atoms with van der Waals surface area (Å²) >= 11 is -5.14. The first-order chi connectivity index (χ1) is 5.64. The molecule has 1 rings (SSSR count). The number of nitrogens with two attached hydrogens (primary N) is 1. The molecule has 0 aliphatic rings. The van der Waals surface area contributed by atoms with E-state index in [2.05, 4.69) is 12.2 Å². The van der Waals surface area contributed by atoms with Gasteiger partial charge in [0, 0.05) is 0 Å². The van der Waals surface area contributed by atoms with E-state index < -0.39 is 19.0 Å². The third kappa shape index (κ3) is 2.75. The number of benzene rings is 1. The van der Waals surface area contributed by atoms with Crippen molar-refractivity contribution >= 4 is 19.0 Å². The third-order valence-corrected chi connectivity index (χ3v) is 2.86. The van der Waals surface area contributed by atoms with Crippen molar-refractivity contribution in [2.24, 2.45) is 5.90 Å². The van der Waals surface area contributed by atoms with Crippen LogP contribution in [0.4, 0.5) is 0 Å². The zero-order valence-corrected chi connectivity index (χ0v) is 8.34. The molecule has 0 unspecified atom stereocenters. The molecule has 2 N–H and O–H groups in total. The first kappa shape index (κ1) is 9.42. The predicted octanol–water partition coefficient (Wildman–Crippen LogP) is 0.252. The molecule has 0 aliphatic heterocycles. The van der Waals surface area contributed by atoms with Gasteiger partial charge in [0.05, 0.1) is 0 Å². The van der Waals surface area contributed by atoms with Crippen LogP contribution in [-0.2, 0) is 9.41 Å². The molecule has 0 fully saturated rings. The molecule has 0 atom stereocenters. The second-order valence-corrected chi connectivity index (χ2v) is 5.26. The Morgan fingerprint density at radius 1 is 1.17 bits per heavy atom. The second-order valence-electron chi connectivity index (χ2n) is 1.90. The Labute approximate surface area is 73.7 Å². The van der Waals surface area contributed by atoms with E-state index in [1.165, 1.54) is 12.1 Å². The predicted molar refractivity (Wildman–Crippen MR) is 39.5 cm³/mol. The maximum absolute atomic E-state index is 10.7. The molecule has 0 radical (unpaired) electrons. The molecule has 6 heteroatoms. The summed E-state index contributed by atoms with van der Waals surface area (Å²) in [4.78, 5) is 0. The van der Waals surface area contributed by atoms with Crippen LogP contribution in [0.5, 0.6) is 5.75 Å². The molecule has 0 amide bonds. The normalized spacial score (nSPS) is 11.1. The van der Waals surface area contributed by atoms with Crippen LogP contribution in [0.1, 0.15) is 0 Å². The first-order valence-electron chi connectivity index (χ1n) is 3.02. The third-order valence-electron chi connectivity index (χ3n) is 1.06. The summed E-state index contributed by atoms with van der Waals surface area (Å²) < 4.78 is 29.6. The van der Waals surface area contributed by atoms with Gasteiger partial charge in [-0.25, -0.2) is 0 Å². The Morgan fingerprint density at radius 2 is 1.75 bits per heavy atom. The molecule has 66 valence electrons. The number of para-hydroxylation sites is 1. The summed E-state index contributed by atoms with van der Waals surface area (Å²) in [6, 6.07) is 8.01. The van der Waals surface area contributed by atoms with Crippen molar-refractivity contribution in [3.63, 3.8) is 0 Å². The van der Waals surface area contributed by atoms with Crippen LogP contribution in [0.15, 0.2) is 30.3 Å². The summed E-state index contributed by atoms with van der Waals surface area (Å²) in [5.41, 5.74) is 0. The molecule has 5 nitrogen and oxygen atoms in total. The minimum atomic E-state index is -5.14. The summed E-state index contributed by atoms with van der Waals surface area (Å²) in [6.45, 7) is 0. The van der Waals surface area contributed by atoms with Crippen LogP contribution in [0.25, 0.3) is 0 Å². The van der Waals surface area contributed by atoms with Crippen LogP contribution in [-0.4, -0.2) is 19.0 Å². The zero-order chi connectivity index (χ0) is 9.03. The Bertz CT molecular complexity index is 334. The first-order valence-corrected chi connectivity index (χ1v) is 6.82. The fraction of sp³-hybridized carbons (Fsp3) is 0. The average Bonchev–Trinajstić information content (AvgIpc) is 2.06. The van der Waals surface area contributed by atoms with E-state index in [1.807, 2.05) is 0 Å². The fourth-order valence-corrected chi connectivity index (χ4v) is 1.72. The van der Waals surface area contributed by atoms with Crippen molar-refractivity contribution in [2.45, 2.75) is 0 Å². The Balaban J connectivity index is 2.78. The van der Waals surface area contributed by atoms with Crippen LogP contribution in [0.2, 0.25) is 0 Å². The van der Waals surface area contributed by atoms with Crippen molar-refractivity contribution in [1.29, 1.82) is 0 Å². The molecule has 0 saturated carbocycles. The van der Waals surface area contributed by atoms with E-state index in [-0.39, 0.29) is 5.75 Å². The molecule has 12 heavy (non-hydrogen) atoms. The second kappa shape index (κ2) is 3.83. The van der Waals surface area contributed by atoms with Crippen molar-refractivity contribution < 1.29 is 12.5 Å². The van der Waals surface area contributed by atoms with Crippen molar-refractivity contribution in [3.8, 4) is 5.75 Å². The van der Waals surface area contributed by atoms with Gasteiger partial charge in [-0.05, 0) is 0 Å². The molecule has 0 spiro atoms. The average molecular weight is 285 g/mol.